The monoisotopic (exact) mass is 364 g/mol. The van der Waals surface area contributed by atoms with Crippen molar-refractivity contribution in [3.63, 3.8) is 0 Å². The number of rotatable bonds is 8. The maximum absolute atomic E-state index is 12.2. The number of hydrogen-bond donors (Lipinski definition) is 2. The Morgan fingerprint density at radius 2 is 1.79 bits per heavy atom. The van der Waals surface area contributed by atoms with Gasteiger partial charge in [-0.3, -0.25) is 9.89 Å². The third-order valence-corrected chi connectivity index (χ3v) is 3.55. The summed E-state index contributed by atoms with van der Waals surface area (Å²) in [5.41, 5.74) is 1.16. The predicted molar refractivity (Wildman–Crippen MR) is 92.7 cm³/mol. The zero-order valence-electron chi connectivity index (χ0n) is 14.0. The summed E-state index contributed by atoms with van der Waals surface area (Å²) >= 11 is 5.84. The minimum absolute atomic E-state index is 0.369. The van der Waals surface area contributed by atoms with Crippen LogP contribution in [0.3, 0.4) is 0 Å². The number of halogens is 4. The van der Waals surface area contributed by atoms with Crippen molar-refractivity contribution in [2.75, 3.05) is 40.3 Å². The largest absolute Gasteiger partial charge is 0.401 e. The molecule has 0 bridgehead atoms. The van der Waals surface area contributed by atoms with Crippen LogP contribution in [0.2, 0.25) is 5.02 Å². The van der Waals surface area contributed by atoms with Crippen LogP contribution >= 0.6 is 11.6 Å². The molecular formula is C16H24ClF3N4. The number of alkyl halides is 3. The second kappa shape index (κ2) is 10.4. The van der Waals surface area contributed by atoms with Gasteiger partial charge in [-0.2, -0.15) is 13.2 Å². The van der Waals surface area contributed by atoms with Gasteiger partial charge in [-0.05, 0) is 44.1 Å². The quantitative estimate of drug-likeness (QED) is 0.423. The van der Waals surface area contributed by atoms with Gasteiger partial charge in [0.2, 0.25) is 0 Å². The number of nitrogens with one attached hydrogen (secondary N) is 2. The molecule has 1 aromatic carbocycles. The molecule has 2 N–H and O–H groups in total. The molecule has 0 spiro atoms. The molecule has 4 nitrogen and oxygen atoms in total. The highest BCUT2D eigenvalue weighted by Gasteiger charge is 2.28. The van der Waals surface area contributed by atoms with Crippen molar-refractivity contribution < 1.29 is 13.2 Å². The van der Waals surface area contributed by atoms with E-state index in [0.29, 0.717) is 37.0 Å². The molecule has 0 unspecified atom stereocenters. The van der Waals surface area contributed by atoms with Crippen LogP contribution < -0.4 is 10.6 Å². The van der Waals surface area contributed by atoms with Gasteiger partial charge in [-0.1, -0.05) is 23.7 Å². The Morgan fingerprint density at radius 1 is 1.17 bits per heavy atom. The summed E-state index contributed by atoms with van der Waals surface area (Å²) in [6.45, 7) is 0.743. The van der Waals surface area contributed by atoms with E-state index in [9.17, 15) is 13.2 Å². The minimum Gasteiger partial charge on any atom is -0.356 e. The van der Waals surface area contributed by atoms with Gasteiger partial charge in [-0.15, -0.1) is 0 Å². The van der Waals surface area contributed by atoms with Gasteiger partial charge in [0, 0.05) is 25.2 Å². The van der Waals surface area contributed by atoms with E-state index in [-0.39, 0.29) is 0 Å². The topological polar surface area (TPSA) is 39.7 Å². The third-order valence-electron chi connectivity index (χ3n) is 3.30. The average molecular weight is 365 g/mol. The molecule has 136 valence electrons. The van der Waals surface area contributed by atoms with E-state index in [1.54, 1.807) is 7.05 Å². The molecule has 0 atom stereocenters. The Kier molecular flexibility index (Phi) is 8.92. The molecule has 1 aromatic rings. The second-order valence-electron chi connectivity index (χ2n) is 5.51. The SMILES string of the molecule is CN=C(NCCCN(C)CC(F)(F)F)NCCc1ccc(Cl)cc1. The van der Waals surface area contributed by atoms with Gasteiger partial charge < -0.3 is 10.6 Å². The molecule has 0 aliphatic rings. The molecule has 0 saturated carbocycles. The fraction of sp³-hybridized carbons (Fsp3) is 0.562. The summed E-state index contributed by atoms with van der Waals surface area (Å²) in [7, 11) is 3.13. The van der Waals surface area contributed by atoms with Crippen LogP contribution in [0.1, 0.15) is 12.0 Å². The highest BCUT2D eigenvalue weighted by Crippen LogP contribution is 2.15. The van der Waals surface area contributed by atoms with Crippen molar-refractivity contribution >= 4 is 17.6 Å². The van der Waals surface area contributed by atoms with Crippen LogP contribution in [0, 0.1) is 0 Å². The zero-order valence-corrected chi connectivity index (χ0v) is 14.7. The van der Waals surface area contributed by atoms with Crippen LogP contribution in [0.25, 0.3) is 0 Å². The van der Waals surface area contributed by atoms with Crippen molar-refractivity contribution in [2.45, 2.75) is 19.0 Å². The van der Waals surface area contributed by atoms with E-state index in [2.05, 4.69) is 15.6 Å². The number of nitrogens with zero attached hydrogens (tertiary/aromatic N) is 2. The van der Waals surface area contributed by atoms with Crippen molar-refractivity contribution in [1.29, 1.82) is 0 Å². The van der Waals surface area contributed by atoms with Gasteiger partial charge in [-0.25, -0.2) is 0 Å². The fourth-order valence-corrected chi connectivity index (χ4v) is 2.26. The predicted octanol–water partition coefficient (Wildman–Crippen LogP) is 2.93. The first-order valence-electron chi connectivity index (χ1n) is 7.74. The van der Waals surface area contributed by atoms with Crippen LogP contribution in [-0.2, 0) is 6.42 Å². The van der Waals surface area contributed by atoms with E-state index in [0.717, 1.165) is 12.0 Å². The molecule has 0 heterocycles. The zero-order chi connectivity index (χ0) is 18.0. The first kappa shape index (κ1) is 20.6. The normalized spacial score (nSPS) is 12.5. The molecule has 0 radical (unpaired) electrons. The van der Waals surface area contributed by atoms with Crippen LogP contribution in [0.4, 0.5) is 13.2 Å². The molecule has 0 fully saturated rings. The lowest BCUT2D eigenvalue weighted by Crippen LogP contribution is -2.40. The summed E-state index contributed by atoms with van der Waals surface area (Å²) < 4.78 is 36.6. The Hall–Kier alpha value is -1.47. The van der Waals surface area contributed by atoms with E-state index in [1.807, 2.05) is 24.3 Å². The standard InChI is InChI=1S/C16H24ClF3N4/c1-21-15(22-9-3-11-24(2)12-16(18,19)20)23-10-8-13-4-6-14(17)7-5-13/h4-7H,3,8-12H2,1-2H3,(H2,21,22,23). The van der Waals surface area contributed by atoms with E-state index in [1.165, 1.54) is 11.9 Å². The summed E-state index contributed by atoms with van der Waals surface area (Å²) in [5.74, 6) is 0.641. The van der Waals surface area contributed by atoms with E-state index >= 15 is 0 Å². The number of benzene rings is 1. The Labute approximate surface area is 146 Å². The van der Waals surface area contributed by atoms with Gasteiger partial charge >= 0.3 is 6.18 Å². The third kappa shape index (κ3) is 9.62. The molecule has 0 aromatic heterocycles. The Morgan fingerprint density at radius 3 is 2.38 bits per heavy atom. The molecule has 24 heavy (non-hydrogen) atoms. The molecule has 0 saturated heterocycles. The van der Waals surface area contributed by atoms with Crippen molar-refractivity contribution in [3.8, 4) is 0 Å². The van der Waals surface area contributed by atoms with Gasteiger partial charge in [0.05, 0.1) is 6.54 Å². The van der Waals surface area contributed by atoms with Crippen LogP contribution in [0.5, 0.6) is 0 Å². The lowest BCUT2D eigenvalue weighted by Gasteiger charge is -2.19. The summed E-state index contributed by atoms with van der Waals surface area (Å²) in [6.07, 6.45) is -2.72. The van der Waals surface area contributed by atoms with E-state index in [4.69, 9.17) is 11.6 Å². The smallest absolute Gasteiger partial charge is 0.356 e. The number of aliphatic imine (C=N–C) groups is 1. The van der Waals surface area contributed by atoms with Crippen molar-refractivity contribution in [2.24, 2.45) is 4.99 Å². The highest BCUT2D eigenvalue weighted by molar-refractivity contribution is 6.30. The average Bonchev–Trinajstić information content (AvgIpc) is 2.49. The lowest BCUT2D eigenvalue weighted by atomic mass is 10.1. The molecule has 1 rings (SSSR count). The van der Waals surface area contributed by atoms with Gasteiger partial charge in [0.1, 0.15) is 0 Å². The van der Waals surface area contributed by atoms with Crippen molar-refractivity contribution in [1.82, 2.24) is 15.5 Å². The van der Waals surface area contributed by atoms with Crippen LogP contribution in [0.15, 0.2) is 29.3 Å². The van der Waals surface area contributed by atoms with Crippen LogP contribution in [-0.4, -0.2) is 57.3 Å². The second-order valence-corrected chi connectivity index (χ2v) is 5.95. The molecular weight excluding hydrogens is 341 g/mol. The first-order chi connectivity index (χ1) is 11.3. The van der Waals surface area contributed by atoms with Crippen molar-refractivity contribution in [3.05, 3.63) is 34.9 Å². The summed E-state index contributed by atoms with van der Waals surface area (Å²) in [5, 5.41) is 6.97. The Bertz CT molecular complexity index is 503. The fourth-order valence-electron chi connectivity index (χ4n) is 2.14. The molecule has 8 heteroatoms. The Balaban J connectivity index is 2.17. The summed E-state index contributed by atoms with van der Waals surface area (Å²) in [4.78, 5) is 5.35. The van der Waals surface area contributed by atoms with Gasteiger partial charge in [0.15, 0.2) is 5.96 Å². The van der Waals surface area contributed by atoms with E-state index < -0.39 is 12.7 Å². The molecule has 0 aliphatic heterocycles. The maximum Gasteiger partial charge on any atom is 0.401 e. The maximum atomic E-state index is 12.2. The molecule has 0 amide bonds. The number of guanidine groups is 1. The lowest BCUT2D eigenvalue weighted by molar-refractivity contribution is -0.143. The number of hydrogen-bond acceptors (Lipinski definition) is 2. The minimum atomic E-state index is -4.15. The van der Waals surface area contributed by atoms with Gasteiger partial charge in [0.25, 0.3) is 0 Å². The molecule has 0 aliphatic carbocycles. The summed E-state index contributed by atoms with van der Waals surface area (Å²) in [6, 6.07) is 7.64. The highest BCUT2D eigenvalue weighted by atomic mass is 35.5. The first-order valence-corrected chi connectivity index (χ1v) is 8.12.